The van der Waals surface area contributed by atoms with Crippen molar-refractivity contribution in [1.29, 1.82) is 0 Å². The number of H-pyrrole nitrogens is 2. The van der Waals surface area contributed by atoms with Crippen molar-refractivity contribution in [3.63, 3.8) is 0 Å². The Morgan fingerprint density at radius 1 is 1.08 bits per heavy atom. The quantitative estimate of drug-likeness (QED) is 0.519. The fourth-order valence-electron chi connectivity index (χ4n) is 2.48. The lowest BCUT2D eigenvalue weighted by atomic mass is 10.2. The predicted molar refractivity (Wildman–Crippen MR) is 92.7 cm³/mol. The maximum atomic E-state index is 12.1. The van der Waals surface area contributed by atoms with Crippen molar-refractivity contribution in [2.45, 2.75) is 12.8 Å². The molecule has 0 aliphatic heterocycles. The summed E-state index contributed by atoms with van der Waals surface area (Å²) < 4.78 is 0. The molecule has 3 aromatic heterocycles. The second kappa shape index (κ2) is 6.52. The molecule has 4 aromatic rings. The third kappa shape index (κ3) is 3.37. The van der Waals surface area contributed by atoms with Gasteiger partial charge in [0.25, 0.3) is 0 Å². The minimum Gasteiger partial charge on any atom is -0.341 e. The summed E-state index contributed by atoms with van der Waals surface area (Å²) in [4.78, 5) is 28.0. The van der Waals surface area contributed by atoms with Crippen LogP contribution in [0.4, 0.5) is 5.95 Å². The van der Waals surface area contributed by atoms with E-state index in [1.165, 1.54) is 0 Å². The molecular weight excluding hydrogens is 318 g/mol. The first kappa shape index (κ1) is 15.0. The number of rotatable bonds is 5. The Kier molecular flexibility index (Phi) is 3.91. The van der Waals surface area contributed by atoms with Crippen LogP contribution in [0.2, 0.25) is 0 Å². The standard InChI is InChI=1S/C17H15N7O/c25-14(9-8-13-19-12-7-4-10-18-16(12)20-13)21-17-22-15(23-24-17)11-5-2-1-3-6-11/h1-7,10H,8-9H2,(H,18,19,20)(H2,21,22,23,24,25). The lowest BCUT2D eigenvalue weighted by Gasteiger charge is -1.99. The van der Waals surface area contributed by atoms with Gasteiger partial charge < -0.3 is 4.98 Å². The number of anilines is 1. The Morgan fingerprint density at radius 3 is 2.80 bits per heavy atom. The molecule has 0 saturated heterocycles. The summed E-state index contributed by atoms with van der Waals surface area (Å²) in [5, 5.41) is 9.52. The van der Waals surface area contributed by atoms with Gasteiger partial charge in [-0.05, 0) is 12.1 Å². The Morgan fingerprint density at radius 2 is 1.96 bits per heavy atom. The molecule has 124 valence electrons. The number of hydrogen-bond donors (Lipinski definition) is 3. The van der Waals surface area contributed by atoms with Crippen LogP contribution in [0.5, 0.6) is 0 Å². The second-order valence-electron chi connectivity index (χ2n) is 5.48. The van der Waals surface area contributed by atoms with Gasteiger partial charge in [-0.15, -0.1) is 5.10 Å². The van der Waals surface area contributed by atoms with Crippen molar-refractivity contribution in [2.75, 3.05) is 5.32 Å². The number of aryl methyl sites for hydroxylation is 1. The van der Waals surface area contributed by atoms with E-state index in [1.807, 2.05) is 42.5 Å². The van der Waals surface area contributed by atoms with E-state index in [2.05, 4.69) is 35.5 Å². The molecule has 0 radical (unpaired) electrons. The average molecular weight is 333 g/mol. The molecule has 8 nitrogen and oxygen atoms in total. The number of hydrogen-bond acceptors (Lipinski definition) is 5. The van der Waals surface area contributed by atoms with Gasteiger partial charge in [-0.1, -0.05) is 30.3 Å². The van der Waals surface area contributed by atoms with Crippen molar-refractivity contribution >= 4 is 23.0 Å². The number of imidazole rings is 1. The number of nitrogens with one attached hydrogen (secondary N) is 3. The summed E-state index contributed by atoms with van der Waals surface area (Å²) in [6.07, 6.45) is 2.44. The monoisotopic (exact) mass is 333 g/mol. The van der Waals surface area contributed by atoms with Crippen molar-refractivity contribution < 1.29 is 4.79 Å². The molecule has 0 unspecified atom stereocenters. The largest absolute Gasteiger partial charge is 0.341 e. The van der Waals surface area contributed by atoms with E-state index in [9.17, 15) is 4.79 Å². The lowest BCUT2D eigenvalue weighted by Crippen LogP contribution is -2.13. The molecule has 0 aliphatic carbocycles. The van der Waals surface area contributed by atoms with Crippen molar-refractivity contribution in [2.24, 2.45) is 0 Å². The number of benzene rings is 1. The zero-order valence-electron chi connectivity index (χ0n) is 13.2. The number of pyridine rings is 1. The molecule has 0 saturated carbocycles. The Labute approximate surface area is 142 Å². The molecule has 3 N–H and O–H groups in total. The van der Waals surface area contributed by atoms with E-state index in [-0.39, 0.29) is 18.3 Å². The first-order valence-electron chi connectivity index (χ1n) is 7.85. The molecular formula is C17H15N7O. The van der Waals surface area contributed by atoms with Gasteiger partial charge in [0.2, 0.25) is 11.9 Å². The van der Waals surface area contributed by atoms with Crippen LogP contribution in [0.3, 0.4) is 0 Å². The van der Waals surface area contributed by atoms with Gasteiger partial charge in [0.05, 0.1) is 5.52 Å². The van der Waals surface area contributed by atoms with Crippen LogP contribution in [0, 0.1) is 0 Å². The third-order valence-electron chi connectivity index (χ3n) is 3.68. The summed E-state index contributed by atoms with van der Waals surface area (Å²) in [5.74, 6) is 1.42. The fraction of sp³-hybridized carbons (Fsp3) is 0.118. The van der Waals surface area contributed by atoms with Crippen molar-refractivity contribution in [3.8, 4) is 11.4 Å². The van der Waals surface area contributed by atoms with Gasteiger partial charge in [0.15, 0.2) is 11.5 Å². The number of carbonyl (C=O) groups is 1. The van der Waals surface area contributed by atoms with Crippen LogP contribution >= 0.6 is 0 Å². The lowest BCUT2D eigenvalue weighted by molar-refractivity contribution is -0.116. The molecule has 1 aromatic carbocycles. The summed E-state index contributed by atoms with van der Waals surface area (Å²) >= 11 is 0. The van der Waals surface area contributed by atoms with Gasteiger partial charge in [0, 0.05) is 24.6 Å². The minimum absolute atomic E-state index is 0.174. The van der Waals surface area contributed by atoms with E-state index in [1.54, 1.807) is 6.20 Å². The number of fused-ring (bicyclic) bond motifs is 1. The summed E-state index contributed by atoms with van der Waals surface area (Å²) in [6, 6.07) is 13.3. The molecule has 0 bridgehead atoms. The number of carbonyl (C=O) groups excluding carboxylic acids is 1. The van der Waals surface area contributed by atoms with Crippen molar-refractivity contribution in [3.05, 3.63) is 54.5 Å². The SMILES string of the molecule is O=C(CCc1nc2ncccc2[nH]1)Nc1n[nH]c(-c2ccccc2)n1. The summed E-state index contributed by atoms with van der Waals surface area (Å²) in [6.45, 7) is 0. The third-order valence-corrected chi connectivity index (χ3v) is 3.68. The zero-order chi connectivity index (χ0) is 17.1. The molecule has 8 heteroatoms. The first-order valence-corrected chi connectivity index (χ1v) is 7.85. The number of nitrogens with zero attached hydrogens (tertiary/aromatic N) is 4. The predicted octanol–water partition coefficient (Wildman–Crippen LogP) is 2.31. The highest BCUT2D eigenvalue weighted by Gasteiger charge is 2.10. The normalized spacial score (nSPS) is 10.9. The van der Waals surface area contributed by atoms with Gasteiger partial charge in [-0.2, -0.15) is 4.98 Å². The highest BCUT2D eigenvalue weighted by Crippen LogP contribution is 2.15. The molecule has 1 amide bonds. The highest BCUT2D eigenvalue weighted by atomic mass is 16.1. The van der Waals surface area contributed by atoms with E-state index in [0.717, 1.165) is 16.9 Å². The number of amides is 1. The first-order chi connectivity index (χ1) is 12.3. The smallest absolute Gasteiger partial charge is 0.249 e. The van der Waals surface area contributed by atoms with Gasteiger partial charge in [-0.25, -0.2) is 9.97 Å². The molecule has 3 heterocycles. The summed E-state index contributed by atoms with van der Waals surface area (Å²) in [7, 11) is 0. The van der Waals surface area contributed by atoms with Crippen LogP contribution in [-0.4, -0.2) is 36.0 Å². The Balaban J connectivity index is 1.37. The van der Waals surface area contributed by atoms with Gasteiger partial charge in [-0.3, -0.25) is 15.2 Å². The molecule has 0 spiro atoms. The number of aromatic amines is 2. The van der Waals surface area contributed by atoms with E-state index < -0.39 is 0 Å². The van der Waals surface area contributed by atoms with Crippen LogP contribution < -0.4 is 5.32 Å². The maximum Gasteiger partial charge on any atom is 0.249 e. The Hall–Kier alpha value is -3.55. The van der Waals surface area contributed by atoms with Gasteiger partial charge >= 0.3 is 0 Å². The van der Waals surface area contributed by atoms with Gasteiger partial charge in [0.1, 0.15) is 5.82 Å². The molecule has 0 atom stereocenters. The molecule has 0 fully saturated rings. The zero-order valence-corrected chi connectivity index (χ0v) is 13.2. The molecule has 25 heavy (non-hydrogen) atoms. The van der Waals surface area contributed by atoms with Crippen molar-refractivity contribution in [1.82, 2.24) is 30.1 Å². The van der Waals surface area contributed by atoms with Crippen LogP contribution in [0.25, 0.3) is 22.6 Å². The second-order valence-corrected chi connectivity index (χ2v) is 5.48. The summed E-state index contributed by atoms with van der Waals surface area (Å²) in [5.41, 5.74) is 2.42. The Bertz CT molecular complexity index is 973. The van der Waals surface area contributed by atoms with E-state index in [0.29, 0.717) is 17.9 Å². The fourth-order valence-corrected chi connectivity index (χ4v) is 2.48. The van der Waals surface area contributed by atoms with E-state index in [4.69, 9.17) is 0 Å². The minimum atomic E-state index is -0.174. The van der Waals surface area contributed by atoms with Crippen LogP contribution in [0.15, 0.2) is 48.7 Å². The maximum absolute atomic E-state index is 12.1. The molecule has 4 rings (SSSR count). The highest BCUT2D eigenvalue weighted by molar-refractivity contribution is 5.89. The topological polar surface area (TPSA) is 112 Å². The van der Waals surface area contributed by atoms with E-state index >= 15 is 0 Å². The van der Waals surface area contributed by atoms with Crippen LogP contribution in [0.1, 0.15) is 12.2 Å². The number of aromatic nitrogens is 6. The van der Waals surface area contributed by atoms with Crippen LogP contribution in [-0.2, 0) is 11.2 Å². The average Bonchev–Trinajstić information content (AvgIpc) is 3.27. The molecule has 0 aliphatic rings.